The standard InChI is InChI=1S/C15H22O2/c1-10-4-5-11(2)13(6-10)8-15(16)14-7-12(3)17-9-14/h4-6,12,14-16H,7-9H2,1-3H3. The van der Waals surface area contributed by atoms with Gasteiger partial charge in [0.1, 0.15) is 0 Å². The number of hydrogen-bond acceptors (Lipinski definition) is 2. The summed E-state index contributed by atoms with van der Waals surface area (Å²) < 4.78 is 5.52. The van der Waals surface area contributed by atoms with E-state index in [4.69, 9.17) is 4.74 Å². The molecule has 1 saturated heterocycles. The average molecular weight is 234 g/mol. The first-order valence-electron chi connectivity index (χ1n) is 6.42. The van der Waals surface area contributed by atoms with Crippen LogP contribution >= 0.6 is 0 Å². The molecule has 2 nitrogen and oxygen atoms in total. The third-order valence-electron chi connectivity index (χ3n) is 3.71. The van der Waals surface area contributed by atoms with E-state index in [-0.39, 0.29) is 6.10 Å². The molecule has 1 heterocycles. The van der Waals surface area contributed by atoms with E-state index in [1.165, 1.54) is 16.7 Å². The molecule has 0 aliphatic carbocycles. The number of hydrogen-bond donors (Lipinski definition) is 1. The Morgan fingerprint density at radius 3 is 2.82 bits per heavy atom. The van der Waals surface area contributed by atoms with Crippen molar-refractivity contribution in [2.75, 3.05) is 6.61 Å². The molecule has 0 aromatic heterocycles. The van der Waals surface area contributed by atoms with Crippen molar-refractivity contribution in [3.05, 3.63) is 34.9 Å². The van der Waals surface area contributed by atoms with Gasteiger partial charge in [0, 0.05) is 5.92 Å². The lowest BCUT2D eigenvalue weighted by Crippen LogP contribution is -2.23. The van der Waals surface area contributed by atoms with Gasteiger partial charge in [0.25, 0.3) is 0 Å². The number of benzene rings is 1. The van der Waals surface area contributed by atoms with Crippen LogP contribution in [0.5, 0.6) is 0 Å². The summed E-state index contributed by atoms with van der Waals surface area (Å²) in [4.78, 5) is 0. The number of aliphatic hydroxyl groups is 1. The third-order valence-corrected chi connectivity index (χ3v) is 3.71. The van der Waals surface area contributed by atoms with Gasteiger partial charge in [-0.1, -0.05) is 23.8 Å². The smallest absolute Gasteiger partial charge is 0.0631 e. The van der Waals surface area contributed by atoms with Gasteiger partial charge >= 0.3 is 0 Å². The molecule has 2 heteroatoms. The first kappa shape index (κ1) is 12.6. The molecule has 0 spiro atoms. The van der Waals surface area contributed by atoms with E-state index in [9.17, 15) is 5.11 Å². The Hall–Kier alpha value is -0.860. The van der Waals surface area contributed by atoms with E-state index in [1.807, 2.05) is 0 Å². The first-order valence-corrected chi connectivity index (χ1v) is 6.42. The van der Waals surface area contributed by atoms with Crippen molar-refractivity contribution in [2.24, 2.45) is 5.92 Å². The minimum absolute atomic E-state index is 0.277. The Bertz CT molecular complexity index is 387. The van der Waals surface area contributed by atoms with Crippen molar-refractivity contribution in [2.45, 2.75) is 45.8 Å². The topological polar surface area (TPSA) is 29.5 Å². The second-order valence-electron chi connectivity index (χ2n) is 5.34. The summed E-state index contributed by atoms with van der Waals surface area (Å²) in [6, 6.07) is 6.43. The van der Waals surface area contributed by atoms with Gasteiger partial charge in [-0.2, -0.15) is 0 Å². The Morgan fingerprint density at radius 2 is 2.18 bits per heavy atom. The summed E-state index contributed by atoms with van der Waals surface area (Å²) in [5, 5.41) is 10.3. The van der Waals surface area contributed by atoms with E-state index in [0.717, 1.165) is 12.8 Å². The molecule has 1 aliphatic heterocycles. The fraction of sp³-hybridized carbons (Fsp3) is 0.600. The molecule has 1 aromatic rings. The second-order valence-corrected chi connectivity index (χ2v) is 5.34. The van der Waals surface area contributed by atoms with E-state index >= 15 is 0 Å². The maximum absolute atomic E-state index is 10.3. The minimum atomic E-state index is -0.277. The summed E-state index contributed by atoms with van der Waals surface area (Å²) in [5.74, 6) is 0.296. The molecule has 1 aliphatic rings. The lowest BCUT2D eigenvalue weighted by molar-refractivity contribution is 0.0806. The fourth-order valence-electron chi connectivity index (χ4n) is 2.53. The molecular formula is C15H22O2. The molecule has 1 aromatic carbocycles. The van der Waals surface area contributed by atoms with Crippen molar-refractivity contribution in [3.63, 3.8) is 0 Å². The highest BCUT2D eigenvalue weighted by molar-refractivity contribution is 5.31. The zero-order chi connectivity index (χ0) is 12.4. The van der Waals surface area contributed by atoms with Crippen molar-refractivity contribution in [3.8, 4) is 0 Å². The van der Waals surface area contributed by atoms with Gasteiger partial charge in [-0.05, 0) is 44.7 Å². The molecule has 2 rings (SSSR count). The molecule has 3 unspecified atom stereocenters. The largest absolute Gasteiger partial charge is 0.392 e. The Labute approximate surface area is 104 Å². The van der Waals surface area contributed by atoms with Crippen LogP contribution in [0.15, 0.2) is 18.2 Å². The van der Waals surface area contributed by atoms with Crippen LogP contribution in [0.1, 0.15) is 30.0 Å². The maximum atomic E-state index is 10.3. The Morgan fingerprint density at radius 1 is 1.41 bits per heavy atom. The van der Waals surface area contributed by atoms with Crippen LogP contribution in [0.3, 0.4) is 0 Å². The SMILES string of the molecule is Cc1ccc(C)c(CC(O)C2COC(C)C2)c1. The Balaban J connectivity index is 2.02. The first-order chi connectivity index (χ1) is 8.06. The summed E-state index contributed by atoms with van der Waals surface area (Å²) in [6.07, 6.45) is 1.74. The molecule has 1 fully saturated rings. The van der Waals surface area contributed by atoms with Crippen LogP contribution in [0.4, 0.5) is 0 Å². The quantitative estimate of drug-likeness (QED) is 0.871. The summed E-state index contributed by atoms with van der Waals surface area (Å²) >= 11 is 0. The minimum Gasteiger partial charge on any atom is -0.392 e. The second kappa shape index (κ2) is 5.19. The molecule has 0 saturated carbocycles. The molecule has 3 atom stereocenters. The number of aliphatic hydroxyl groups excluding tert-OH is 1. The zero-order valence-corrected chi connectivity index (χ0v) is 10.9. The predicted octanol–water partition coefficient (Wildman–Crippen LogP) is 2.63. The van der Waals surface area contributed by atoms with Gasteiger partial charge in [0.2, 0.25) is 0 Å². The van der Waals surface area contributed by atoms with Crippen LogP contribution in [-0.2, 0) is 11.2 Å². The number of ether oxygens (including phenoxy) is 1. The number of aryl methyl sites for hydroxylation is 2. The van der Waals surface area contributed by atoms with Gasteiger partial charge in [-0.25, -0.2) is 0 Å². The van der Waals surface area contributed by atoms with Gasteiger partial charge in [0.05, 0.1) is 18.8 Å². The number of rotatable bonds is 3. The lowest BCUT2D eigenvalue weighted by atomic mass is 9.92. The summed E-state index contributed by atoms with van der Waals surface area (Å²) in [5.41, 5.74) is 3.78. The summed E-state index contributed by atoms with van der Waals surface area (Å²) in [6.45, 7) is 6.98. The highest BCUT2D eigenvalue weighted by atomic mass is 16.5. The Kier molecular flexibility index (Phi) is 3.85. The summed E-state index contributed by atoms with van der Waals surface area (Å²) in [7, 11) is 0. The van der Waals surface area contributed by atoms with Crippen molar-refractivity contribution >= 4 is 0 Å². The average Bonchev–Trinajstić information content (AvgIpc) is 2.70. The highest BCUT2D eigenvalue weighted by Crippen LogP contribution is 2.25. The van der Waals surface area contributed by atoms with Crippen molar-refractivity contribution in [1.29, 1.82) is 0 Å². The van der Waals surface area contributed by atoms with Gasteiger partial charge < -0.3 is 9.84 Å². The van der Waals surface area contributed by atoms with Crippen LogP contribution in [0, 0.1) is 19.8 Å². The maximum Gasteiger partial charge on any atom is 0.0631 e. The molecule has 94 valence electrons. The fourth-order valence-corrected chi connectivity index (χ4v) is 2.53. The van der Waals surface area contributed by atoms with Crippen LogP contribution < -0.4 is 0 Å². The van der Waals surface area contributed by atoms with Gasteiger partial charge in [0.15, 0.2) is 0 Å². The normalized spacial score (nSPS) is 26.1. The molecule has 1 N–H and O–H groups in total. The highest BCUT2D eigenvalue weighted by Gasteiger charge is 2.28. The van der Waals surface area contributed by atoms with Crippen LogP contribution in [0.25, 0.3) is 0 Å². The third kappa shape index (κ3) is 3.08. The van der Waals surface area contributed by atoms with E-state index < -0.39 is 0 Å². The zero-order valence-electron chi connectivity index (χ0n) is 10.9. The van der Waals surface area contributed by atoms with E-state index in [0.29, 0.717) is 18.6 Å². The van der Waals surface area contributed by atoms with Crippen LogP contribution in [-0.4, -0.2) is 23.9 Å². The van der Waals surface area contributed by atoms with Crippen LogP contribution in [0.2, 0.25) is 0 Å². The molecular weight excluding hydrogens is 212 g/mol. The van der Waals surface area contributed by atoms with Gasteiger partial charge in [-0.15, -0.1) is 0 Å². The molecule has 0 radical (unpaired) electrons. The van der Waals surface area contributed by atoms with Gasteiger partial charge in [-0.3, -0.25) is 0 Å². The molecule has 17 heavy (non-hydrogen) atoms. The monoisotopic (exact) mass is 234 g/mol. The van der Waals surface area contributed by atoms with E-state index in [2.05, 4.69) is 39.0 Å². The van der Waals surface area contributed by atoms with Crippen molar-refractivity contribution < 1.29 is 9.84 Å². The lowest BCUT2D eigenvalue weighted by Gasteiger charge is -2.18. The predicted molar refractivity (Wildman–Crippen MR) is 69.1 cm³/mol. The molecule has 0 amide bonds. The molecule has 0 bridgehead atoms. The van der Waals surface area contributed by atoms with Crippen molar-refractivity contribution in [1.82, 2.24) is 0 Å². The van der Waals surface area contributed by atoms with E-state index in [1.54, 1.807) is 0 Å².